The molecule has 0 aliphatic carbocycles. The highest BCUT2D eigenvalue weighted by Crippen LogP contribution is 2.26. The third-order valence-corrected chi connectivity index (χ3v) is 5.20. The van der Waals surface area contributed by atoms with Crippen LogP contribution in [0.2, 0.25) is 0 Å². The predicted octanol–water partition coefficient (Wildman–Crippen LogP) is 1.94. The van der Waals surface area contributed by atoms with Crippen LogP contribution >= 0.6 is 0 Å². The lowest BCUT2D eigenvalue weighted by atomic mass is 9.93. The first-order chi connectivity index (χ1) is 12.0. The van der Waals surface area contributed by atoms with Crippen LogP contribution in [0.1, 0.15) is 24.1 Å². The minimum Gasteiger partial charge on any atom is -0.357 e. The monoisotopic (exact) mass is 342 g/mol. The van der Waals surface area contributed by atoms with E-state index in [1.807, 2.05) is 0 Å². The van der Waals surface area contributed by atoms with Crippen LogP contribution in [-0.2, 0) is 16.9 Å². The zero-order valence-electron chi connectivity index (χ0n) is 14.1. The molecule has 1 amide bonds. The summed E-state index contributed by atoms with van der Waals surface area (Å²) in [4.78, 5) is 17.0. The molecule has 2 aliphatic rings. The van der Waals surface area contributed by atoms with Crippen molar-refractivity contribution >= 4 is 16.8 Å². The van der Waals surface area contributed by atoms with E-state index < -0.39 is 11.7 Å². The van der Waals surface area contributed by atoms with Crippen molar-refractivity contribution < 1.29 is 9.18 Å². The van der Waals surface area contributed by atoms with Gasteiger partial charge in [0.15, 0.2) is 0 Å². The van der Waals surface area contributed by atoms with E-state index in [0.717, 1.165) is 36.2 Å². The maximum Gasteiger partial charge on any atom is 0.243 e. The molecule has 1 fully saturated rings. The number of hydrogen-bond acceptors (Lipinski definition) is 3. The first-order valence-electron chi connectivity index (χ1n) is 8.76. The Morgan fingerprint density at radius 1 is 1.28 bits per heavy atom. The molecule has 3 heterocycles. The number of aromatic amines is 1. The summed E-state index contributed by atoms with van der Waals surface area (Å²) in [5, 5.41) is 3.88. The molecule has 132 valence electrons. The van der Waals surface area contributed by atoms with Gasteiger partial charge in [-0.15, -0.1) is 0 Å². The second-order valence-electron chi connectivity index (χ2n) is 7.15. The first-order valence-corrected chi connectivity index (χ1v) is 8.76. The fraction of sp³-hybridized carbons (Fsp3) is 0.421. The number of likely N-dealkylation sites (tertiary alicyclic amines) is 1. The lowest BCUT2D eigenvalue weighted by molar-refractivity contribution is -0.117. The van der Waals surface area contributed by atoms with Crippen molar-refractivity contribution in [3.05, 3.63) is 47.7 Å². The number of hydrogen-bond donors (Lipinski definition) is 3. The summed E-state index contributed by atoms with van der Waals surface area (Å²) < 4.78 is 13.3. The van der Waals surface area contributed by atoms with Crippen molar-refractivity contribution in [2.75, 3.05) is 19.6 Å². The summed E-state index contributed by atoms with van der Waals surface area (Å²) >= 11 is 0. The average molecular weight is 342 g/mol. The molecule has 0 bridgehead atoms. The van der Waals surface area contributed by atoms with E-state index in [1.54, 1.807) is 6.08 Å². The fourth-order valence-electron chi connectivity index (χ4n) is 3.61. The molecule has 4 N–H and O–H groups in total. The van der Waals surface area contributed by atoms with Crippen molar-refractivity contribution in [3.8, 4) is 0 Å². The van der Waals surface area contributed by atoms with Crippen LogP contribution in [-0.4, -0.2) is 41.6 Å². The number of aromatic nitrogens is 1. The number of rotatable bonds is 3. The Bertz CT molecular complexity index is 822. The number of nitrogens with zero attached hydrogens (tertiary/aromatic N) is 1. The van der Waals surface area contributed by atoms with Gasteiger partial charge in [0, 0.05) is 48.9 Å². The molecule has 1 atom stereocenters. The maximum absolute atomic E-state index is 13.3. The van der Waals surface area contributed by atoms with E-state index in [1.165, 1.54) is 11.6 Å². The minimum atomic E-state index is -0.712. The van der Waals surface area contributed by atoms with E-state index in [4.69, 9.17) is 5.73 Å². The Morgan fingerprint density at radius 3 is 2.80 bits per heavy atom. The summed E-state index contributed by atoms with van der Waals surface area (Å²) in [5.41, 5.74) is 8.84. The van der Waals surface area contributed by atoms with Crippen LogP contribution in [0.4, 0.5) is 4.39 Å². The SMILES string of the molecule is NC1(c2cc3cc(CN4CCC(F)CC4)ccc3[nH]2)C=CC(=O)NC1. The predicted molar refractivity (Wildman–Crippen MR) is 95.7 cm³/mol. The smallest absolute Gasteiger partial charge is 0.243 e. The minimum absolute atomic E-state index is 0.114. The molecule has 25 heavy (non-hydrogen) atoms. The molecule has 1 aromatic heterocycles. The third-order valence-electron chi connectivity index (χ3n) is 5.20. The second-order valence-corrected chi connectivity index (χ2v) is 7.15. The Labute approximate surface area is 146 Å². The van der Waals surface area contributed by atoms with Gasteiger partial charge >= 0.3 is 0 Å². The summed E-state index contributed by atoms with van der Waals surface area (Å²) in [7, 11) is 0. The number of benzene rings is 1. The van der Waals surface area contributed by atoms with Crippen LogP contribution < -0.4 is 11.1 Å². The van der Waals surface area contributed by atoms with Crippen molar-refractivity contribution in [3.63, 3.8) is 0 Å². The quantitative estimate of drug-likeness (QED) is 0.798. The molecule has 0 spiro atoms. The molecule has 4 rings (SSSR count). The van der Waals surface area contributed by atoms with E-state index in [2.05, 4.69) is 39.5 Å². The van der Waals surface area contributed by atoms with Crippen LogP contribution in [0.3, 0.4) is 0 Å². The van der Waals surface area contributed by atoms with Crippen LogP contribution in [0.5, 0.6) is 0 Å². The highest BCUT2D eigenvalue weighted by molar-refractivity contribution is 5.89. The van der Waals surface area contributed by atoms with Crippen molar-refractivity contribution in [1.82, 2.24) is 15.2 Å². The number of alkyl halides is 1. The summed E-state index contributed by atoms with van der Waals surface area (Å²) in [5.74, 6) is -0.114. The van der Waals surface area contributed by atoms with Gasteiger partial charge in [0.2, 0.25) is 5.91 Å². The Kier molecular flexibility index (Phi) is 4.09. The third kappa shape index (κ3) is 3.32. The number of amides is 1. The summed E-state index contributed by atoms with van der Waals surface area (Å²) in [6.07, 6.45) is 3.85. The van der Waals surface area contributed by atoms with Crippen LogP contribution in [0.25, 0.3) is 10.9 Å². The lowest BCUT2D eigenvalue weighted by Crippen LogP contribution is -2.49. The van der Waals surface area contributed by atoms with Gasteiger partial charge in [0.1, 0.15) is 6.17 Å². The normalized spacial score (nSPS) is 25.4. The highest BCUT2D eigenvalue weighted by atomic mass is 19.1. The van der Waals surface area contributed by atoms with Gasteiger partial charge in [-0.3, -0.25) is 9.69 Å². The molecule has 2 aliphatic heterocycles. The number of carbonyl (C=O) groups is 1. The number of piperidine rings is 1. The Morgan fingerprint density at radius 2 is 2.08 bits per heavy atom. The summed E-state index contributed by atoms with van der Waals surface area (Å²) in [6, 6.07) is 8.37. The highest BCUT2D eigenvalue weighted by Gasteiger charge is 2.29. The summed E-state index contributed by atoms with van der Waals surface area (Å²) in [6.45, 7) is 2.84. The van der Waals surface area contributed by atoms with Gasteiger partial charge in [-0.1, -0.05) is 12.1 Å². The van der Waals surface area contributed by atoms with Crippen LogP contribution in [0, 0.1) is 0 Å². The average Bonchev–Trinajstić information content (AvgIpc) is 3.04. The van der Waals surface area contributed by atoms with Crippen molar-refractivity contribution in [1.29, 1.82) is 0 Å². The fourth-order valence-corrected chi connectivity index (χ4v) is 3.61. The van der Waals surface area contributed by atoms with Gasteiger partial charge in [-0.05, 0) is 36.6 Å². The number of fused-ring (bicyclic) bond motifs is 1. The van der Waals surface area contributed by atoms with E-state index in [-0.39, 0.29) is 5.91 Å². The molecule has 1 saturated heterocycles. The molecule has 1 aromatic carbocycles. The first kappa shape index (κ1) is 16.3. The largest absolute Gasteiger partial charge is 0.357 e. The van der Waals surface area contributed by atoms with E-state index >= 15 is 0 Å². The van der Waals surface area contributed by atoms with E-state index in [0.29, 0.717) is 19.4 Å². The number of carbonyl (C=O) groups excluding carboxylic acids is 1. The molecule has 6 heteroatoms. The standard InChI is InChI=1S/C19H23FN4O/c20-15-4-7-24(8-5-15)11-13-1-2-16-14(9-13)10-17(23-16)19(21)6-3-18(25)22-12-19/h1-3,6,9-10,15,23H,4-5,7-8,11-12,21H2,(H,22,25). The van der Waals surface area contributed by atoms with Gasteiger partial charge in [-0.25, -0.2) is 4.39 Å². The molecule has 1 unspecified atom stereocenters. The van der Waals surface area contributed by atoms with Gasteiger partial charge in [-0.2, -0.15) is 0 Å². The maximum atomic E-state index is 13.3. The second kappa shape index (κ2) is 6.28. The van der Waals surface area contributed by atoms with Crippen LogP contribution in [0.15, 0.2) is 36.4 Å². The van der Waals surface area contributed by atoms with Crippen molar-refractivity contribution in [2.24, 2.45) is 5.73 Å². The zero-order valence-corrected chi connectivity index (χ0v) is 14.1. The Balaban J connectivity index is 1.55. The van der Waals surface area contributed by atoms with Gasteiger partial charge in [0.05, 0.1) is 5.54 Å². The lowest BCUT2D eigenvalue weighted by Gasteiger charge is -2.28. The van der Waals surface area contributed by atoms with Crippen molar-refractivity contribution in [2.45, 2.75) is 31.1 Å². The topological polar surface area (TPSA) is 74.1 Å². The molecule has 0 saturated carbocycles. The Hall–Kier alpha value is -2.18. The molecule has 0 radical (unpaired) electrons. The number of nitrogens with one attached hydrogen (secondary N) is 2. The molecule has 2 aromatic rings. The van der Waals surface area contributed by atoms with Gasteiger partial charge < -0.3 is 16.0 Å². The number of halogens is 1. The van der Waals surface area contributed by atoms with E-state index in [9.17, 15) is 9.18 Å². The number of H-pyrrole nitrogens is 1. The number of nitrogens with two attached hydrogens (primary N) is 1. The zero-order chi connectivity index (χ0) is 17.4. The molecule has 5 nitrogen and oxygen atoms in total. The molecular formula is C19H23FN4O. The van der Waals surface area contributed by atoms with Gasteiger partial charge in [0.25, 0.3) is 0 Å². The molecular weight excluding hydrogens is 319 g/mol.